The third-order valence-corrected chi connectivity index (χ3v) is 3.02. The van der Waals surface area contributed by atoms with Gasteiger partial charge in [-0.15, -0.1) is 0 Å². The minimum atomic E-state index is 0.179. The van der Waals surface area contributed by atoms with Gasteiger partial charge in [0.2, 0.25) is 5.89 Å². The minimum Gasteiger partial charge on any atom is -0.381 e. The molecule has 5 nitrogen and oxygen atoms in total. The van der Waals surface area contributed by atoms with Gasteiger partial charge < -0.3 is 14.6 Å². The second-order valence-electron chi connectivity index (χ2n) is 4.51. The summed E-state index contributed by atoms with van der Waals surface area (Å²) in [5.41, 5.74) is 0. The fourth-order valence-corrected chi connectivity index (χ4v) is 1.96. The number of rotatable bonds is 3. The lowest BCUT2D eigenvalue weighted by Crippen LogP contribution is -2.39. The first kappa shape index (κ1) is 11.5. The van der Waals surface area contributed by atoms with E-state index in [1.54, 1.807) is 0 Å². The predicted octanol–water partition coefficient (Wildman–Crippen LogP) is 1.28. The van der Waals surface area contributed by atoms with Crippen LogP contribution in [0.2, 0.25) is 0 Å². The van der Waals surface area contributed by atoms with Crippen molar-refractivity contribution in [2.45, 2.75) is 38.1 Å². The molecule has 1 N–H and O–H groups in total. The summed E-state index contributed by atoms with van der Waals surface area (Å²) in [5.74, 6) is 1.95. The molecule has 1 saturated heterocycles. The Morgan fingerprint density at radius 2 is 2.25 bits per heavy atom. The molecule has 1 aliphatic heterocycles. The van der Waals surface area contributed by atoms with Gasteiger partial charge in [-0.2, -0.15) is 4.98 Å². The van der Waals surface area contributed by atoms with Crippen LogP contribution in [0.25, 0.3) is 0 Å². The van der Waals surface area contributed by atoms with Crippen molar-refractivity contribution < 1.29 is 9.26 Å². The highest BCUT2D eigenvalue weighted by atomic mass is 16.5. The van der Waals surface area contributed by atoms with Gasteiger partial charge in [0.25, 0.3) is 0 Å². The third-order valence-electron chi connectivity index (χ3n) is 3.02. The molecule has 2 heterocycles. The van der Waals surface area contributed by atoms with Gasteiger partial charge in [-0.05, 0) is 13.5 Å². The highest BCUT2D eigenvalue weighted by Gasteiger charge is 2.30. The molecule has 0 amide bonds. The molecule has 5 heteroatoms. The van der Waals surface area contributed by atoms with Gasteiger partial charge in [0.1, 0.15) is 0 Å². The third kappa shape index (κ3) is 2.25. The molecule has 1 fully saturated rings. The van der Waals surface area contributed by atoms with Gasteiger partial charge in [0.05, 0.1) is 12.5 Å². The molecule has 1 aromatic heterocycles. The van der Waals surface area contributed by atoms with Crippen molar-refractivity contribution in [3.05, 3.63) is 11.7 Å². The maximum atomic E-state index is 5.47. The average molecular weight is 225 g/mol. The van der Waals surface area contributed by atoms with Crippen molar-refractivity contribution in [3.63, 3.8) is 0 Å². The zero-order valence-corrected chi connectivity index (χ0v) is 10.1. The molecule has 1 aromatic rings. The van der Waals surface area contributed by atoms with E-state index in [-0.39, 0.29) is 5.92 Å². The quantitative estimate of drug-likeness (QED) is 0.839. The summed E-state index contributed by atoms with van der Waals surface area (Å²) in [4.78, 5) is 4.43. The molecule has 0 radical (unpaired) electrons. The Morgan fingerprint density at radius 1 is 1.44 bits per heavy atom. The number of nitrogens with one attached hydrogen (secondary N) is 1. The van der Waals surface area contributed by atoms with Gasteiger partial charge in [-0.3, -0.25) is 0 Å². The Morgan fingerprint density at radius 3 is 2.88 bits per heavy atom. The second kappa shape index (κ2) is 4.93. The van der Waals surface area contributed by atoms with E-state index in [1.807, 2.05) is 7.05 Å². The number of aromatic nitrogens is 2. The monoisotopic (exact) mass is 225 g/mol. The summed E-state index contributed by atoms with van der Waals surface area (Å²) in [6.45, 7) is 5.57. The SMILES string of the molecule is CNC1CCOCC1c1nc(C(C)C)no1. The van der Waals surface area contributed by atoms with E-state index in [4.69, 9.17) is 9.26 Å². The van der Waals surface area contributed by atoms with E-state index in [2.05, 4.69) is 29.3 Å². The lowest BCUT2D eigenvalue weighted by atomic mass is 9.96. The lowest BCUT2D eigenvalue weighted by molar-refractivity contribution is 0.0516. The number of ether oxygens (including phenoxy) is 1. The summed E-state index contributed by atoms with van der Waals surface area (Å²) < 4.78 is 10.8. The van der Waals surface area contributed by atoms with Gasteiger partial charge in [0.15, 0.2) is 5.82 Å². The first-order valence-electron chi connectivity index (χ1n) is 5.81. The van der Waals surface area contributed by atoms with Crippen molar-refractivity contribution >= 4 is 0 Å². The molecule has 0 aliphatic carbocycles. The molecule has 16 heavy (non-hydrogen) atoms. The van der Waals surface area contributed by atoms with E-state index in [0.717, 1.165) is 18.9 Å². The van der Waals surface area contributed by atoms with Crippen molar-refractivity contribution in [2.75, 3.05) is 20.3 Å². The van der Waals surface area contributed by atoms with Crippen LogP contribution in [0.1, 0.15) is 43.8 Å². The number of nitrogens with zero attached hydrogens (tertiary/aromatic N) is 2. The van der Waals surface area contributed by atoms with Crippen LogP contribution in [-0.2, 0) is 4.74 Å². The van der Waals surface area contributed by atoms with Gasteiger partial charge in [-0.25, -0.2) is 0 Å². The van der Waals surface area contributed by atoms with Crippen LogP contribution in [0.3, 0.4) is 0 Å². The Bertz CT molecular complexity index is 338. The minimum absolute atomic E-state index is 0.179. The molecule has 0 saturated carbocycles. The fraction of sp³-hybridized carbons (Fsp3) is 0.818. The molecule has 2 rings (SSSR count). The van der Waals surface area contributed by atoms with Crippen LogP contribution in [0.5, 0.6) is 0 Å². The van der Waals surface area contributed by atoms with Crippen LogP contribution in [-0.4, -0.2) is 36.4 Å². The molecule has 2 atom stereocenters. The normalized spacial score (nSPS) is 26.2. The van der Waals surface area contributed by atoms with Crippen molar-refractivity contribution in [1.82, 2.24) is 15.5 Å². The molecule has 1 aliphatic rings. The first-order chi connectivity index (χ1) is 7.72. The zero-order chi connectivity index (χ0) is 11.5. The van der Waals surface area contributed by atoms with E-state index >= 15 is 0 Å². The molecular weight excluding hydrogens is 206 g/mol. The molecular formula is C11H19N3O2. The topological polar surface area (TPSA) is 60.2 Å². The number of likely N-dealkylation sites (N-methyl/N-ethyl adjacent to an activating group) is 1. The highest BCUT2D eigenvalue weighted by Crippen LogP contribution is 2.25. The van der Waals surface area contributed by atoms with Crippen molar-refractivity contribution in [3.8, 4) is 0 Å². The van der Waals surface area contributed by atoms with E-state index in [0.29, 0.717) is 24.5 Å². The maximum Gasteiger partial charge on any atom is 0.233 e. The smallest absolute Gasteiger partial charge is 0.233 e. The molecule has 2 unspecified atom stereocenters. The molecule has 0 aromatic carbocycles. The van der Waals surface area contributed by atoms with E-state index in [9.17, 15) is 0 Å². The van der Waals surface area contributed by atoms with Crippen LogP contribution in [0.15, 0.2) is 4.52 Å². The van der Waals surface area contributed by atoms with Gasteiger partial charge >= 0.3 is 0 Å². The number of hydrogen-bond acceptors (Lipinski definition) is 5. The Kier molecular flexibility index (Phi) is 3.56. The maximum absolute atomic E-state index is 5.47. The van der Waals surface area contributed by atoms with E-state index in [1.165, 1.54) is 0 Å². The predicted molar refractivity (Wildman–Crippen MR) is 59.4 cm³/mol. The zero-order valence-electron chi connectivity index (χ0n) is 10.1. The van der Waals surface area contributed by atoms with Crippen molar-refractivity contribution in [1.29, 1.82) is 0 Å². The van der Waals surface area contributed by atoms with Crippen molar-refractivity contribution in [2.24, 2.45) is 0 Å². The molecule has 0 bridgehead atoms. The van der Waals surface area contributed by atoms with Crippen LogP contribution in [0, 0.1) is 0 Å². The first-order valence-corrected chi connectivity index (χ1v) is 5.81. The number of hydrogen-bond donors (Lipinski definition) is 1. The van der Waals surface area contributed by atoms with Crippen LogP contribution < -0.4 is 5.32 Å². The fourth-order valence-electron chi connectivity index (χ4n) is 1.96. The van der Waals surface area contributed by atoms with Gasteiger partial charge in [-0.1, -0.05) is 19.0 Å². The molecule has 0 spiro atoms. The van der Waals surface area contributed by atoms with Gasteiger partial charge in [0, 0.05) is 18.6 Å². The van der Waals surface area contributed by atoms with E-state index < -0.39 is 0 Å². The Balaban J connectivity index is 2.14. The second-order valence-corrected chi connectivity index (χ2v) is 4.51. The Labute approximate surface area is 95.6 Å². The summed E-state index contributed by atoms with van der Waals surface area (Å²) in [6.07, 6.45) is 0.987. The summed E-state index contributed by atoms with van der Waals surface area (Å²) in [5, 5.41) is 7.27. The molecule has 90 valence electrons. The summed E-state index contributed by atoms with van der Waals surface area (Å²) >= 11 is 0. The average Bonchev–Trinajstić information content (AvgIpc) is 2.78. The van der Waals surface area contributed by atoms with Crippen LogP contribution in [0.4, 0.5) is 0 Å². The largest absolute Gasteiger partial charge is 0.381 e. The standard InChI is InChI=1S/C11H19N3O2/c1-7(2)10-13-11(16-14-10)8-6-15-5-4-9(8)12-3/h7-9,12H,4-6H2,1-3H3. The summed E-state index contributed by atoms with van der Waals surface area (Å²) in [6, 6.07) is 0.370. The highest BCUT2D eigenvalue weighted by molar-refractivity contribution is 5.02. The lowest BCUT2D eigenvalue weighted by Gasteiger charge is -2.28. The Hall–Kier alpha value is -0.940. The van der Waals surface area contributed by atoms with Crippen LogP contribution >= 0.6 is 0 Å². The summed E-state index contributed by atoms with van der Waals surface area (Å²) in [7, 11) is 1.96.